The number of hydrogen-bond acceptors (Lipinski definition) is 4. The number of nitrogens with two attached hydrogens (primary N) is 1. The van der Waals surface area contributed by atoms with E-state index < -0.39 is 0 Å². The van der Waals surface area contributed by atoms with Crippen molar-refractivity contribution in [3.05, 3.63) is 23.8 Å². The molecule has 0 atom stereocenters. The molecule has 4 nitrogen and oxygen atoms in total. The van der Waals surface area contributed by atoms with Gasteiger partial charge in [-0.25, -0.2) is 0 Å². The fraction of sp³-hybridized carbons (Fsp3) is 0.462. The maximum Gasteiger partial charge on any atom is 0.163 e. The van der Waals surface area contributed by atoms with Crippen molar-refractivity contribution in [2.24, 2.45) is 5.73 Å². The van der Waals surface area contributed by atoms with Crippen LogP contribution in [0.25, 0.3) is 0 Å². The summed E-state index contributed by atoms with van der Waals surface area (Å²) < 4.78 is 10.3. The second-order valence-electron chi connectivity index (χ2n) is 3.74. The topological polar surface area (TPSA) is 61.5 Å². The summed E-state index contributed by atoms with van der Waals surface area (Å²) in [5.41, 5.74) is 6.04. The summed E-state index contributed by atoms with van der Waals surface area (Å²) in [6, 6.07) is 5.21. The molecule has 0 amide bonds. The molecule has 0 saturated heterocycles. The Morgan fingerprint density at radius 2 is 1.88 bits per heavy atom. The molecule has 94 valence electrons. The molecule has 0 aliphatic carbocycles. The van der Waals surface area contributed by atoms with Crippen molar-refractivity contribution >= 4 is 5.78 Å². The van der Waals surface area contributed by atoms with Crippen LogP contribution in [-0.4, -0.2) is 26.5 Å². The summed E-state index contributed by atoms with van der Waals surface area (Å²) in [6.45, 7) is 0.624. The summed E-state index contributed by atoms with van der Waals surface area (Å²) in [5.74, 6) is 1.32. The third-order valence-electron chi connectivity index (χ3n) is 2.56. The zero-order valence-electron chi connectivity index (χ0n) is 10.4. The SMILES string of the molecule is COc1ccc(C(=O)CCCCN)cc1OC. The van der Waals surface area contributed by atoms with Crippen LogP contribution >= 0.6 is 0 Å². The Labute approximate surface area is 102 Å². The van der Waals surface area contributed by atoms with Crippen LogP contribution in [0.15, 0.2) is 18.2 Å². The lowest BCUT2D eigenvalue weighted by atomic mass is 10.0. The molecule has 1 aromatic carbocycles. The van der Waals surface area contributed by atoms with Gasteiger partial charge < -0.3 is 15.2 Å². The van der Waals surface area contributed by atoms with Crippen LogP contribution in [0.5, 0.6) is 11.5 Å². The molecule has 1 rings (SSSR count). The number of Topliss-reactive ketones (excluding diaryl/α,β-unsaturated/α-hetero) is 1. The van der Waals surface area contributed by atoms with Gasteiger partial charge in [-0.15, -0.1) is 0 Å². The Balaban J connectivity index is 2.74. The van der Waals surface area contributed by atoms with E-state index in [1.54, 1.807) is 32.4 Å². The number of carbonyl (C=O) groups is 1. The first-order chi connectivity index (χ1) is 8.22. The number of methoxy groups -OCH3 is 2. The summed E-state index contributed by atoms with van der Waals surface area (Å²) in [5, 5.41) is 0. The number of carbonyl (C=O) groups excluding carboxylic acids is 1. The van der Waals surface area contributed by atoms with E-state index in [1.165, 1.54) is 0 Å². The van der Waals surface area contributed by atoms with Crippen LogP contribution in [0.4, 0.5) is 0 Å². The van der Waals surface area contributed by atoms with Gasteiger partial charge in [0.25, 0.3) is 0 Å². The second kappa shape index (κ2) is 6.91. The number of unbranched alkanes of at least 4 members (excludes halogenated alkanes) is 1. The minimum absolute atomic E-state index is 0.111. The standard InChI is InChI=1S/C13H19NO3/c1-16-12-7-6-10(9-13(12)17-2)11(15)5-3-4-8-14/h6-7,9H,3-5,8,14H2,1-2H3. The summed E-state index contributed by atoms with van der Waals surface area (Å²) in [4.78, 5) is 11.9. The molecule has 4 heteroatoms. The first-order valence-corrected chi connectivity index (χ1v) is 5.68. The molecule has 1 aromatic rings. The minimum Gasteiger partial charge on any atom is -0.493 e. The van der Waals surface area contributed by atoms with Crippen LogP contribution in [0.1, 0.15) is 29.6 Å². The van der Waals surface area contributed by atoms with Crippen LogP contribution in [-0.2, 0) is 0 Å². The van der Waals surface area contributed by atoms with Crippen LogP contribution in [0.3, 0.4) is 0 Å². The lowest BCUT2D eigenvalue weighted by Crippen LogP contribution is -2.03. The summed E-state index contributed by atoms with van der Waals surface area (Å²) in [6.07, 6.45) is 2.22. The van der Waals surface area contributed by atoms with Crippen LogP contribution in [0.2, 0.25) is 0 Å². The molecular weight excluding hydrogens is 218 g/mol. The molecule has 0 aromatic heterocycles. The molecule has 0 saturated carbocycles. The Bertz CT molecular complexity index is 377. The highest BCUT2D eigenvalue weighted by molar-refractivity contribution is 5.96. The van der Waals surface area contributed by atoms with Gasteiger partial charge in [0.2, 0.25) is 0 Å². The molecule has 0 heterocycles. The predicted octanol–water partition coefficient (Wildman–Crippen LogP) is 2.02. The van der Waals surface area contributed by atoms with Crippen molar-refractivity contribution < 1.29 is 14.3 Å². The smallest absolute Gasteiger partial charge is 0.163 e. The largest absolute Gasteiger partial charge is 0.493 e. The highest BCUT2D eigenvalue weighted by Crippen LogP contribution is 2.28. The number of ketones is 1. The number of hydrogen-bond donors (Lipinski definition) is 1. The van der Waals surface area contributed by atoms with E-state index in [0.29, 0.717) is 30.0 Å². The Hall–Kier alpha value is -1.55. The lowest BCUT2D eigenvalue weighted by Gasteiger charge is -2.08. The molecule has 2 N–H and O–H groups in total. The van der Waals surface area contributed by atoms with E-state index in [-0.39, 0.29) is 5.78 Å². The molecule has 0 unspecified atom stereocenters. The Kier molecular flexibility index (Phi) is 5.49. The van der Waals surface area contributed by atoms with Gasteiger partial charge in [0, 0.05) is 12.0 Å². The third kappa shape index (κ3) is 3.75. The average molecular weight is 237 g/mol. The number of ether oxygens (including phenoxy) is 2. The third-order valence-corrected chi connectivity index (χ3v) is 2.56. The van der Waals surface area contributed by atoms with Gasteiger partial charge in [-0.2, -0.15) is 0 Å². The molecule has 0 aliphatic heterocycles. The highest BCUT2D eigenvalue weighted by atomic mass is 16.5. The molecule has 0 spiro atoms. The minimum atomic E-state index is 0.111. The van der Waals surface area contributed by atoms with Crippen molar-refractivity contribution in [3.63, 3.8) is 0 Å². The molecule has 0 fully saturated rings. The van der Waals surface area contributed by atoms with Gasteiger partial charge in [0.1, 0.15) is 0 Å². The number of rotatable bonds is 7. The molecular formula is C13H19NO3. The van der Waals surface area contributed by atoms with E-state index >= 15 is 0 Å². The molecule has 0 bridgehead atoms. The van der Waals surface area contributed by atoms with E-state index in [9.17, 15) is 4.79 Å². The maximum atomic E-state index is 11.9. The average Bonchev–Trinajstić information content (AvgIpc) is 2.38. The fourth-order valence-corrected chi connectivity index (χ4v) is 1.58. The zero-order valence-corrected chi connectivity index (χ0v) is 10.4. The van der Waals surface area contributed by atoms with Gasteiger partial charge >= 0.3 is 0 Å². The van der Waals surface area contributed by atoms with Crippen molar-refractivity contribution in [2.45, 2.75) is 19.3 Å². The molecule has 0 radical (unpaired) electrons. The van der Waals surface area contributed by atoms with Crippen molar-refractivity contribution in [3.8, 4) is 11.5 Å². The van der Waals surface area contributed by atoms with Crippen molar-refractivity contribution in [2.75, 3.05) is 20.8 Å². The maximum absolute atomic E-state index is 11.9. The van der Waals surface area contributed by atoms with E-state index in [2.05, 4.69) is 0 Å². The second-order valence-corrected chi connectivity index (χ2v) is 3.74. The summed E-state index contributed by atoms with van der Waals surface area (Å²) >= 11 is 0. The molecule has 17 heavy (non-hydrogen) atoms. The predicted molar refractivity (Wildman–Crippen MR) is 66.8 cm³/mol. The zero-order chi connectivity index (χ0) is 12.7. The monoisotopic (exact) mass is 237 g/mol. The fourth-order valence-electron chi connectivity index (χ4n) is 1.58. The number of benzene rings is 1. The van der Waals surface area contributed by atoms with Gasteiger partial charge in [-0.1, -0.05) is 0 Å². The van der Waals surface area contributed by atoms with Gasteiger partial charge in [0.15, 0.2) is 17.3 Å². The first-order valence-electron chi connectivity index (χ1n) is 5.68. The lowest BCUT2D eigenvalue weighted by molar-refractivity contribution is 0.0979. The van der Waals surface area contributed by atoms with Crippen LogP contribution < -0.4 is 15.2 Å². The van der Waals surface area contributed by atoms with E-state index in [0.717, 1.165) is 12.8 Å². The summed E-state index contributed by atoms with van der Waals surface area (Å²) in [7, 11) is 3.13. The normalized spacial score (nSPS) is 10.1. The van der Waals surface area contributed by atoms with Crippen LogP contribution in [0, 0.1) is 0 Å². The van der Waals surface area contributed by atoms with E-state index in [1.807, 2.05) is 0 Å². The Morgan fingerprint density at radius 3 is 2.47 bits per heavy atom. The molecule has 0 aliphatic rings. The quantitative estimate of drug-likeness (QED) is 0.582. The van der Waals surface area contributed by atoms with Gasteiger partial charge in [-0.3, -0.25) is 4.79 Å². The first kappa shape index (κ1) is 13.5. The van der Waals surface area contributed by atoms with Crippen molar-refractivity contribution in [1.82, 2.24) is 0 Å². The van der Waals surface area contributed by atoms with Gasteiger partial charge in [-0.05, 0) is 37.6 Å². The van der Waals surface area contributed by atoms with E-state index in [4.69, 9.17) is 15.2 Å². The highest BCUT2D eigenvalue weighted by Gasteiger charge is 2.10. The van der Waals surface area contributed by atoms with Gasteiger partial charge in [0.05, 0.1) is 14.2 Å². The van der Waals surface area contributed by atoms with Crippen molar-refractivity contribution in [1.29, 1.82) is 0 Å². The Morgan fingerprint density at radius 1 is 1.18 bits per heavy atom.